The summed E-state index contributed by atoms with van der Waals surface area (Å²) in [6, 6.07) is 14.8. The Morgan fingerprint density at radius 2 is 1.57 bits per heavy atom. The number of rotatable bonds is 5. The average molecular weight is 330 g/mol. The van der Waals surface area contributed by atoms with E-state index in [1.165, 1.54) is 4.90 Å². The van der Waals surface area contributed by atoms with Crippen molar-refractivity contribution in [1.82, 2.24) is 4.90 Å². The van der Waals surface area contributed by atoms with E-state index in [1.54, 1.807) is 24.3 Å². The van der Waals surface area contributed by atoms with Crippen molar-refractivity contribution in [3.8, 4) is 0 Å². The quantitative estimate of drug-likeness (QED) is 0.855. The van der Waals surface area contributed by atoms with Crippen molar-refractivity contribution in [3.63, 3.8) is 0 Å². The van der Waals surface area contributed by atoms with Gasteiger partial charge in [-0.1, -0.05) is 41.9 Å². The maximum atomic E-state index is 12.3. The lowest BCUT2D eigenvalue weighted by molar-refractivity contribution is -0.691. The molecule has 0 bridgehead atoms. The van der Waals surface area contributed by atoms with Crippen LogP contribution in [0.1, 0.15) is 39.2 Å². The molecule has 0 saturated heterocycles. The summed E-state index contributed by atoms with van der Waals surface area (Å²) < 4.78 is 0. The Morgan fingerprint density at radius 1 is 1.00 bits per heavy atom. The summed E-state index contributed by atoms with van der Waals surface area (Å²) in [5.41, 5.74) is 2.05. The van der Waals surface area contributed by atoms with Crippen LogP contribution in [0.3, 0.4) is 0 Å². The number of amides is 2. The van der Waals surface area contributed by atoms with E-state index in [2.05, 4.69) is 12.2 Å². The van der Waals surface area contributed by atoms with E-state index in [1.807, 2.05) is 24.3 Å². The van der Waals surface area contributed by atoms with Gasteiger partial charge in [0.25, 0.3) is 11.8 Å². The van der Waals surface area contributed by atoms with Crippen LogP contribution in [0.15, 0.2) is 48.5 Å². The molecule has 4 nitrogen and oxygen atoms in total. The Hall–Kier alpha value is -2.17. The summed E-state index contributed by atoms with van der Waals surface area (Å²) in [6.07, 6.45) is 0. The van der Waals surface area contributed by atoms with Gasteiger partial charge in [-0.15, -0.1) is 0 Å². The maximum absolute atomic E-state index is 12.3. The van der Waals surface area contributed by atoms with E-state index in [-0.39, 0.29) is 17.9 Å². The predicted octanol–water partition coefficient (Wildman–Crippen LogP) is 2.26. The van der Waals surface area contributed by atoms with Crippen LogP contribution in [-0.2, 0) is 0 Å². The number of imide groups is 1. The minimum absolute atomic E-state index is 0.166. The largest absolute Gasteiger partial charge is 0.339 e. The Balaban J connectivity index is 1.61. The molecule has 5 heteroatoms. The number of halogens is 1. The number of hydrogen-bond donors (Lipinski definition) is 1. The van der Waals surface area contributed by atoms with Gasteiger partial charge in [-0.2, -0.15) is 0 Å². The first-order valence-electron chi connectivity index (χ1n) is 7.62. The fourth-order valence-corrected chi connectivity index (χ4v) is 3.18. The smallest absolute Gasteiger partial charge is 0.261 e. The molecular formula is C18H18ClN2O2+. The third-order valence-electron chi connectivity index (χ3n) is 4.15. The van der Waals surface area contributed by atoms with Gasteiger partial charge in [-0.25, -0.2) is 0 Å². The monoisotopic (exact) mass is 329 g/mol. The fraction of sp³-hybridized carbons (Fsp3) is 0.222. The molecule has 1 aliphatic rings. The van der Waals surface area contributed by atoms with Crippen LogP contribution < -0.4 is 5.32 Å². The number of benzene rings is 2. The molecule has 1 heterocycles. The summed E-state index contributed by atoms with van der Waals surface area (Å²) in [6.45, 7) is 3.09. The summed E-state index contributed by atoms with van der Waals surface area (Å²) in [7, 11) is 0. The minimum atomic E-state index is -0.204. The van der Waals surface area contributed by atoms with Gasteiger partial charge in [0.15, 0.2) is 0 Å². The zero-order valence-corrected chi connectivity index (χ0v) is 13.6. The van der Waals surface area contributed by atoms with E-state index in [0.29, 0.717) is 24.2 Å². The van der Waals surface area contributed by atoms with Gasteiger partial charge < -0.3 is 5.32 Å². The molecular weight excluding hydrogens is 312 g/mol. The second-order valence-corrected chi connectivity index (χ2v) is 6.05. The average Bonchev–Trinajstić information content (AvgIpc) is 2.80. The molecule has 23 heavy (non-hydrogen) atoms. The molecule has 3 rings (SSSR count). The first-order chi connectivity index (χ1) is 11.1. The van der Waals surface area contributed by atoms with Crippen LogP contribution in [0.2, 0.25) is 5.02 Å². The second kappa shape index (κ2) is 6.52. The van der Waals surface area contributed by atoms with Gasteiger partial charge in [0.1, 0.15) is 6.04 Å². The zero-order valence-electron chi connectivity index (χ0n) is 12.8. The first-order valence-corrected chi connectivity index (χ1v) is 8.00. The molecule has 0 aliphatic carbocycles. The van der Waals surface area contributed by atoms with Gasteiger partial charge in [0.2, 0.25) is 0 Å². The van der Waals surface area contributed by atoms with Crippen molar-refractivity contribution in [2.45, 2.75) is 13.0 Å². The van der Waals surface area contributed by atoms with E-state index >= 15 is 0 Å². The van der Waals surface area contributed by atoms with Crippen molar-refractivity contribution < 1.29 is 14.9 Å². The van der Waals surface area contributed by atoms with Gasteiger partial charge in [0.05, 0.1) is 24.2 Å². The zero-order chi connectivity index (χ0) is 16.4. The molecule has 0 aromatic heterocycles. The number of nitrogens with two attached hydrogens (primary N) is 1. The summed E-state index contributed by atoms with van der Waals surface area (Å²) in [5, 5.41) is 2.82. The normalized spacial score (nSPS) is 15.0. The molecule has 2 aromatic rings. The fourth-order valence-electron chi connectivity index (χ4n) is 2.87. The Kier molecular flexibility index (Phi) is 4.46. The van der Waals surface area contributed by atoms with Crippen molar-refractivity contribution in [3.05, 3.63) is 70.2 Å². The van der Waals surface area contributed by atoms with E-state index in [9.17, 15) is 9.59 Å². The van der Waals surface area contributed by atoms with Crippen molar-refractivity contribution in [2.24, 2.45) is 0 Å². The van der Waals surface area contributed by atoms with E-state index < -0.39 is 0 Å². The van der Waals surface area contributed by atoms with Crippen molar-refractivity contribution in [1.29, 1.82) is 0 Å². The van der Waals surface area contributed by atoms with Crippen LogP contribution in [-0.4, -0.2) is 29.8 Å². The predicted molar refractivity (Wildman–Crippen MR) is 88.5 cm³/mol. The lowest BCUT2D eigenvalue weighted by atomic mass is 10.1. The molecule has 1 aliphatic heterocycles. The lowest BCUT2D eigenvalue weighted by Gasteiger charge is -2.16. The third kappa shape index (κ3) is 3.00. The number of carbonyl (C=O) groups is 2. The molecule has 2 aromatic carbocycles. The highest BCUT2D eigenvalue weighted by Crippen LogP contribution is 2.22. The van der Waals surface area contributed by atoms with Gasteiger partial charge in [-0.3, -0.25) is 14.5 Å². The van der Waals surface area contributed by atoms with Crippen LogP contribution in [0.5, 0.6) is 0 Å². The standard InChI is InChI=1S/C18H17ClN2O2/c1-12(13-6-4-5-9-16(13)19)20-10-11-21-17(22)14-7-2-3-8-15(14)18(21)23/h2-9,12,20H,10-11H2,1H3/p+1/t12-/m0/s1. The first kappa shape index (κ1) is 15.7. The molecule has 2 N–H and O–H groups in total. The highest BCUT2D eigenvalue weighted by molar-refractivity contribution is 6.31. The maximum Gasteiger partial charge on any atom is 0.261 e. The number of fused-ring (bicyclic) bond motifs is 1. The SMILES string of the molecule is C[C@H]([NH2+]CCN1C(=O)c2ccccc2C1=O)c1ccccc1Cl. The number of quaternary nitrogens is 1. The Bertz CT molecular complexity index is 725. The molecule has 0 radical (unpaired) electrons. The molecule has 0 spiro atoms. The van der Waals surface area contributed by atoms with Crippen LogP contribution in [0.25, 0.3) is 0 Å². The number of carbonyl (C=O) groups excluding carboxylic acids is 2. The van der Waals surface area contributed by atoms with Crippen molar-refractivity contribution in [2.75, 3.05) is 13.1 Å². The number of nitrogens with zero attached hydrogens (tertiary/aromatic N) is 1. The van der Waals surface area contributed by atoms with Crippen LogP contribution >= 0.6 is 11.6 Å². The van der Waals surface area contributed by atoms with Gasteiger partial charge >= 0.3 is 0 Å². The summed E-state index contributed by atoms with van der Waals surface area (Å²) >= 11 is 6.19. The highest BCUT2D eigenvalue weighted by Gasteiger charge is 2.35. The van der Waals surface area contributed by atoms with Gasteiger partial charge in [0, 0.05) is 10.6 Å². The van der Waals surface area contributed by atoms with E-state index in [4.69, 9.17) is 11.6 Å². The van der Waals surface area contributed by atoms with Crippen LogP contribution in [0.4, 0.5) is 0 Å². The molecule has 118 valence electrons. The Labute approximate surface area is 140 Å². The lowest BCUT2D eigenvalue weighted by Crippen LogP contribution is -2.86. The van der Waals surface area contributed by atoms with Gasteiger partial charge in [-0.05, 0) is 25.1 Å². The Morgan fingerprint density at radius 3 is 2.17 bits per heavy atom. The third-order valence-corrected chi connectivity index (χ3v) is 4.49. The van der Waals surface area contributed by atoms with E-state index in [0.717, 1.165) is 10.6 Å². The van der Waals surface area contributed by atoms with Crippen LogP contribution in [0, 0.1) is 0 Å². The summed E-state index contributed by atoms with van der Waals surface area (Å²) in [4.78, 5) is 25.9. The topological polar surface area (TPSA) is 54.0 Å². The molecule has 2 amide bonds. The number of hydrogen-bond acceptors (Lipinski definition) is 2. The van der Waals surface area contributed by atoms with Crippen molar-refractivity contribution >= 4 is 23.4 Å². The second-order valence-electron chi connectivity index (χ2n) is 5.64. The molecule has 0 saturated carbocycles. The summed E-state index contributed by atoms with van der Waals surface area (Å²) in [5.74, 6) is -0.409. The molecule has 1 atom stereocenters. The minimum Gasteiger partial charge on any atom is -0.339 e. The highest BCUT2D eigenvalue weighted by atomic mass is 35.5. The molecule has 0 unspecified atom stereocenters. The molecule has 0 fully saturated rings.